The zero-order valence-electron chi connectivity index (χ0n) is 10.3. The first-order valence-electron chi connectivity index (χ1n) is 6.05. The minimum atomic E-state index is 0.495. The highest BCUT2D eigenvalue weighted by Crippen LogP contribution is 2.33. The Balaban J connectivity index is 1.86. The maximum Gasteiger partial charge on any atom is 0.163 e. The highest BCUT2D eigenvalue weighted by atomic mass is 16.5. The van der Waals surface area contributed by atoms with Crippen LogP contribution in [0.5, 0.6) is 11.5 Å². The van der Waals surface area contributed by atoms with Gasteiger partial charge < -0.3 is 20.5 Å². The van der Waals surface area contributed by atoms with Crippen LogP contribution in [-0.4, -0.2) is 23.2 Å². The Hall–Kier alpha value is -2.50. The van der Waals surface area contributed by atoms with Crippen LogP contribution in [0, 0.1) is 0 Å². The van der Waals surface area contributed by atoms with Gasteiger partial charge in [0.25, 0.3) is 0 Å². The minimum absolute atomic E-state index is 0.495. The van der Waals surface area contributed by atoms with Crippen molar-refractivity contribution < 1.29 is 9.47 Å². The van der Waals surface area contributed by atoms with Crippen molar-refractivity contribution in [1.29, 1.82) is 0 Å². The molecule has 19 heavy (non-hydrogen) atoms. The van der Waals surface area contributed by atoms with E-state index in [-0.39, 0.29) is 0 Å². The molecule has 0 bridgehead atoms. The molecule has 2 aromatic rings. The van der Waals surface area contributed by atoms with E-state index in [9.17, 15) is 0 Å². The van der Waals surface area contributed by atoms with Crippen molar-refractivity contribution in [3.05, 3.63) is 30.7 Å². The molecule has 1 aromatic carbocycles. The molecule has 0 saturated carbocycles. The van der Waals surface area contributed by atoms with Crippen molar-refractivity contribution in [1.82, 2.24) is 9.97 Å². The molecule has 2 heterocycles. The second kappa shape index (κ2) is 5.01. The number of aromatic nitrogens is 2. The lowest BCUT2D eigenvalue weighted by molar-refractivity contribution is 0.297. The van der Waals surface area contributed by atoms with Gasteiger partial charge >= 0.3 is 0 Å². The lowest BCUT2D eigenvalue weighted by atomic mass is 10.2. The Morgan fingerprint density at radius 1 is 1.16 bits per heavy atom. The van der Waals surface area contributed by atoms with E-state index in [1.807, 2.05) is 18.2 Å². The highest BCUT2D eigenvalue weighted by Gasteiger charge is 2.11. The summed E-state index contributed by atoms with van der Waals surface area (Å²) in [6.07, 6.45) is 3.89. The molecule has 3 N–H and O–H groups in total. The van der Waals surface area contributed by atoms with E-state index in [1.165, 1.54) is 6.33 Å². The molecule has 0 radical (unpaired) electrons. The molecule has 6 nitrogen and oxygen atoms in total. The summed E-state index contributed by atoms with van der Waals surface area (Å²) in [7, 11) is 0. The van der Waals surface area contributed by atoms with Crippen molar-refractivity contribution in [3.63, 3.8) is 0 Å². The van der Waals surface area contributed by atoms with Gasteiger partial charge in [-0.15, -0.1) is 0 Å². The van der Waals surface area contributed by atoms with Crippen LogP contribution >= 0.6 is 0 Å². The van der Waals surface area contributed by atoms with Crippen LogP contribution < -0.4 is 20.5 Å². The standard InChI is InChI=1S/C13H14N4O2/c14-10-7-15-8-16-13(10)17-9-2-3-11-12(6-9)19-5-1-4-18-11/h2-3,6-8H,1,4-5,14H2,(H,15,16,17). The van der Waals surface area contributed by atoms with Crippen LogP contribution in [0.1, 0.15) is 6.42 Å². The Morgan fingerprint density at radius 3 is 2.84 bits per heavy atom. The Morgan fingerprint density at radius 2 is 2.00 bits per heavy atom. The summed E-state index contributed by atoms with van der Waals surface area (Å²) < 4.78 is 11.2. The number of benzene rings is 1. The molecule has 0 aliphatic carbocycles. The van der Waals surface area contributed by atoms with Crippen LogP contribution in [0.3, 0.4) is 0 Å². The average Bonchev–Trinajstić information content (AvgIpc) is 2.66. The maximum atomic E-state index is 5.79. The number of anilines is 3. The minimum Gasteiger partial charge on any atom is -0.490 e. The van der Waals surface area contributed by atoms with E-state index in [0.717, 1.165) is 23.6 Å². The quantitative estimate of drug-likeness (QED) is 0.857. The first-order chi connectivity index (χ1) is 9.33. The first-order valence-corrected chi connectivity index (χ1v) is 6.05. The molecule has 3 rings (SSSR count). The average molecular weight is 258 g/mol. The first kappa shape index (κ1) is 11.6. The molecule has 6 heteroatoms. The number of ether oxygens (including phenoxy) is 2. The molecular weight excluding hydrogens is 244 g/mol. The molecule has 0 fully saturated rings. The predicted octanol–water partition coefficient (Wildman–Crippen LogP) is 1.96. The van der Waals surface area contributed by atoms with Gasteiger partial charge in [0.1, 0.15) is 6.33 Å². The monoisotopic (exact) mass is 258 g/mol. The zero-order chi connectivity index (χ0) is 13.1. The van der Waals surface area contributed by atoms with Crippen LogP contribution in [0.25, 0.3) is 0 Å². The maximum absolute atomic E-state index is 5.79. The Labute approximate surface area is 110 Å². The van der Waals surface area contributed by atoms with E-state index in [0.29, 0.717) is 24.7 Å². The number of hydrogen-bond donors (Lipinski definition) is 2. The van der Waals surface area contributed by atoms with Gasteiger partial charge in [0.05, 0.1) is 25.1 Å². The summed E-state index contributed by atoms with van der Waals surface area (Å²) in [4.78, 5) is 7.93. The fraction of sp³-hybridized carbons (Fsp3) is 0.231. The van der Waals surface area contributed by atoms with Crippen molar-refractivity contribution in [3.8, 4) is 11.5 Å². The predicted molar refractivity (Wildman–Crippen MR) is 71.8 cm³/mol. The van der Waals surface area contributed by atoms with Crippen LogP contribution in [0.15, 0.2) is 30.7 Å². The smallest absolute Gasteiger partial charge is 0.163 e. The molecule has 0 amide bonds. The molecule has 98 valence electrons. The van der Waals surface area contributed by atoms with E-state index >= 15 is 0 Å². The molecule has 1 aliphatic heterocycles. The normalized spacial score (nSPS) is 13.7. The number of hydrogen-bond acceptors (Lipinski definition) is 6. The summed E-state index contributed by atoms with van der Waals surface area (Å²) >= 11 is 0. The molecule has 0 saturated heterocycles. The highest BCUT2D eigenvalue weighted by molar-refractivity contribution is 5.69. The second-order valence-corrected chi connectivity index (χ2v) is 4.16. The summed E-state index contributed by atoms with van der Waals surface area (Å²) in [5, 5.41) is 3.13. The Kier molecular flexibility index (Phi) is 3.06. The van der Waals surface area contributed by atoms with Crippen molar-refractivity contribution >= 4 is 17.2 Å². The van der Waals surface area contributed by atoms with Gasteiger partial charge in [-0.1, -0.05) is 0 Å². The van der Waals surface area contributed by atoms with Crippen LogP contribution in [0.2, 0.25) is 0 Å². The van der Waals surface area contributed by atoms with Gasteiger partial charge in [-0.2, -0.15) is 0 Å². The van der Waals surface area contributed by atoms with Gasteiger partial charge in [-0.3, -0.25) is 0 Å². The SMILES string of the molecule is Nc1cncnc1Nc1ccc2c(c1)OCCCO2. The van der Waals surface area contributed by atoms with E-state index in [1.54, 1.807) is 6.20 Å². The molecule has 0 atom stereocenters. The Bertz CT molecular complexity index is 589. The second-order valence-electron chi connectivity index (χ2n) is 4.16. The zero-order valence-corrected chi connectivity index (χ0v) is 10.3. The fourth-order valence-electron chi connectivity index (χ4n) is 1.82. The van der Waals surface area contributed by atoms with Crippen molar-refractivity contribution in [2.75, 3.05) is 24.3 Å². The summed E-state index contributed by atoms with van der Waals surface area (Å²) in [6, 6.07) is 5.65. The third-order valence-corrected chi connectivity index (χ3v) is 2.75. The van der Waals surface area contributed by atoms with Gasteiger partial charge in [0, 0.05) is 18.2 Å². The van der Waals surface area contributed by atoms with E-state index < -0.39 is 0 Å². The van der Waals surface area contributed by atoms with Crippen molar-refractivity contribution in [2.24, 2.45) is 0 Å². The van der Waals surface area contributed by atoms with Crippen molar-refractivity contribution in [2.45, 2.75) is 6.42 Å². The summed E-state index contributed by atoms with van der Waals surface area (Å²) in [5.41, 5.74) is 7.13. The number of nitrogens with two attached hydrogens (primary N) is 1. The summed E-state index contributed by atoms with van der Waals surface area (Å²) in [5.74, 6) is 2.07. The third-order valence-electron chi connectivity index (χ3n) is 2.75. The van der Waals surface area contributed by atoms with Gasteiger partial charge in [0.2, 0.25) is 0 Å². The molecule has 0 spiro atoms. The number of fused-ring (bicyclic) bond motifs is 1. The summed E-state index contributed by atoms with van der Waals surface area (Å²) in [6.45, 7) is 1.34. The lowest BCUT2D eigenvalue weighted by Gasteiger charge is -2.11. The van der Waals surface area contributed by atoms with E-state index in [2.05, 4.69) is 15.3 Å². The molecule has 0 unspecified atom stereocenters. The number of nitrogen functional groups attached to an aromatic ring is 1. The van der Waals surface area contributed by atoms with Gasteiger partial charge in [-0.05, 0) is 12.1 Å². The third kappa shape index (κ3) is 2.52. The van der Waals surface area contributed by atoms with E-state index in [4.69, 9.17) is 15.2 Å². The van der Waals surface area contributed by atoms with Gasteiger partial charge in [-0.25, -0.2) is 9.97 Å². The molecule has 1 aliphatic rings. The number of nitrogens with one attached hydrogen (secondary N) is 1. The number of nitrogens with zero attached hydrogens (tertiary/aromatic N) is 2. The van der Waals surface area contributed by atoms with Crippen LogP contribution in [-0.2, 0) is 0 Å². The largest absolute Gasteiger partial charge is 0.490 e. The number of rotatable bonds is 2. The lowest BCUT2D eigenvalue weighted by Crippen LogP contribution is -2.00. The fourth-order valence-corrected chi connectivity index (χ4v) is 1.82. The topological polar surface area (TPSA) is 82.3 Å². The molecule has 1 aromatic heterocycles. The van der Waals surface area contributed by atoms with Crippen LogP contribution in [0.4, 0.5) is 17.2 Å². The van der Waals surface area contributed by atoms with Gasteiger partial charge in [0.15, 0.2) is 17.3 Å². The molecular formula is C13H14N4O2.